The fourth-order valence-electron chi connectivity index (χ4n) is 2.56. The van der Waals surface area contributed by atoms with E-state index < -0.39 is 5.97 Å². The number of amides is 1. The molecular formula is C23H19BrN2O3. The molecule has 29 heavy (non-hydrogen) atoms. The maximum atomic E-state index is 12.4. The Labute approximate surface area is 177 Å². The predicted molar refractivity (Wildman–Crippen MR) is 116 cm³/mol. The molecule has 0 fully saturated rings. The number of nitrogens with zero attached hydrogens (tertiary/aromatic N) is 1. The molecule has 1 N–H and O–H groups in total. The number of rotatable bonds is 6. The normalized spacial score (nSPS) is 10.7. The first-order valence-corrected chi connectivity index (χ1v) is 9.75. The molecule has 3 aromatic rings. The summed E-state index contributed by atoms with van der Waals surface area (Å²) in [5.74, 6) is -0.351. The topological polar surface area (TPSA) is 67.8 Å². The van der Waals surface area contributed by atoms with Crippen molar-refractivity contribution in [2.24, 2.45) is 5.10 Å². The summed E-state index contributed by atoms with van der Waals surface area (Å²) in [6.07, 6.45) is 1.68. The lowest BCUT2D eigenvalue weighted by molar-refractivity contribution is -0.120. The lowest BCUT2D eigenvalue weighted by Gasteiger charge is -2.08. The fourth-order valence-corrected chi connectivity index (χ4v) is 2.93. The summed E-state index contributed by atoms with van der Waals surface area (Å²) in [4.78, 5) is 24.4. The van der Waals surface area contributed by atoms with Crippen LogP contribution in [0, 0.1) is 6.92 Å². The Morgan fingerprint density at radius 1 is 1.03 bits per heavy atom. The summed E-state index contributed by atoms with van der Waals surface area (Å²) >= 11 is 3.39. The Morgan fingerprint density at radius 2 is 1.76 bits per heavy atom. The molecule has 3 rings (SSSR count). The summed E-state index contributed by atoms with van der Waals surface area (Å²) in [5, 5.41) is 3.99. The third kappa shape index (κ3) is 6.12. The van der Waals surface area contributed by atoms with Crippen LogP contribution in [0.5, 0.6) is 5.75 Å². The van der Waals surface area contributed by atoms with Gasteiger partial charge >= 0.3 is 5.97 Å². The van der Waals surface area contributed by atoms with Crippen molar-refractivity contribution in [3.8, 4) is 5.75 Å². The van der Waals surface area contributed by atoms with Crippen LogP contribution in [0.1, 0.15) is 27.0 Å². The van der Waals surface area contributed by atoms with Crippen molar-refractivity contribution in [3.05, 3.63) is 99.5 Å². The van der Waals surface area contributed by atoms with Gasteiger partial charge in [-0.3, -0.25) is 4.79 Å². The summed E-state index contributed by atoms with van der Waals surface area (Å²) in [6.45, 7) is 1.95. The molecular weight excluding hydrogens is 432 g/mol. The standard InChI is InChI=1S/C23H19BrN2O3/c1-16-7-9-18(10-8-16)23(28)29-21-12-11-20(24)14-19(21)15-25-26-22(27)13-17-5-3-2-4-6-17/h2-12,14-15H,13H2,1H3,(H,26,27). The number of esters is 1. The van der Waals surface area contributed by atoms with Gasteiger partial charge in [-0.2, -0.15) is 5.10 Å². The van der Waals surface area contributed by atoms with Gasteiger partial charge < -0.3 is 4.74 Å². The summed E-state index contributed by atoms with van der Waals surface area (Å²) in [5.41, 5.74) is 5.46. The van der Waals surface area contributed by atoms with Crippen molar-refractivity contribution in [1.29, 1.82) is 0 Å². The highest BCUT2D eigenvalue weighted by atomic mass is 79.9. The van der Waals surface area contributed by atoms with Gasteiger partial charge in [-0.05, 0) is 42.8 Å². The molecule has 1 amide bonds. The van der Waals surface area contributed by atoms with E-state index in [0.29, 0.717) is 16.9 Å². The molecule has 0 aliphatic carbocycles. The Morgan fingerprint density at radius 3 is 2.48 bits per heavy atom. The molecule has 0 atom stereocenters. The average Bonchev–Trinajstić information content (AvgIpc) is 2.71. The van der Waals surface area contributed by atoms with Crippen LogP contribution in [0.4, 0.5) is 0 Å². The number of hydrogen-bond acceptors (Lipinski definition) is 4. The van der Waals surface area contributed by atoms with Crippen LogP contribution in [0.15, 0.2) is 82.4 Å². The molecule has 0 saturated heterocycles. The van der Waals surface area contributed by atoms with Crippen LogP contribution >= 0.6 is 15.9 Å². The van der Waals surface area contributed by atoms with Gasteiger partial charge in [0.25, 0.3) is 0 Å². The maximum Gasteiger partial charge on any atom is 0.343 e. The quantitative estimate of drug-likeness (QED) is 0.256. The van der Waals surface area contributed by atoms with E-state index in [1.807, 2.05) is 49.4 Å². The van der Waals surface area contributed by atoms with Crippen LogP contribution in [0.25, 0.3) is 0 Å². The van der Waals surface area contributed by atoms with Gasteiger partial charge in [0.2, 0.25) is 5.91 Å². The zero-order valence-electron chi connectivity index (χ0n) is 15.8. The first kappa shape index (κ1) is 20.5. The first-order chi connectivity index (χ1) is 14.0. The number of benzene rings is 3. The SMILES string of the molecule is Cc1ccc(C(=O)Oc2ccc(Br)cc2C=NNC(=O)Cc2ccccc2)cc1. The van der Waals surface area contributed by atoms with E-state index in [9.17, 15) is 9.59 Å². The van der Waals surface area contributed by atoms with Crippen LogP contribution in [-0.2, 0) is 11.2 Å². The zero-order chi connectivity index (χ0) is 20.6. The molecule has 146 valence electrons. The number of hydrogen-bond donors (Lipinski definition) is 1. The molecule has 6 heteroatoms. The summed E-state index contributed by atoms with van der Waals surface area (Å²) in [7, 11) is 0. The number of halogens is 1. The molecule has 0 aliphatic rings. The van der Waals surface area contributed by atoms with Gasteiger partial charge in [0.05, 0.1) is 18.2 Å². The highest BCUT2D eigenvalue weighted by Crippen LogP contribution is 2.23. The van der Waals surface area contributed by atoms with Gasteiger partial charge in [0.15, 0.2) is 0 Å². The Bertz CT molecular complexity index is 1030. The molecule has 0 bridgehead atoms. The second kappa shape index (κ2) is 9.80. The summed E-state index contributed by atoms with van der Waals surface area (Å²) in [6, 6.07) is 21.7. The Hall–Kier alpha value is -3.25. The molecule has 0 aliphatic heterocycles. The molecule has 5 nitrogen and oxygen atoms in total. The van der Waals surface area contributed by atoms with E-state index in [2.05, 4.69) is 26.5 Å². The van der Waals surface area contributed by atoms with Crippen molar-refractivity contribution in [1.82, 2.24) is 5.43 Å². The number of carbonyl (C=O) groups excluding carboxylic acids is 2. The van der Waals surface area contributed by atoms with E-state index >= 15 is 0 Å². The van der Waals surface area contributed by atoms with E-state index in [1.165, 1.54) is 6.21 Å². The van der Waals surface area contributed by atoms with Crippen LogP contribution in [-0.4, -0.2) is 18.1 Å². The highest BCUT2D eigenvalue weighted by molar-refractivity contribution is 9.10. The minimum atomic E-state index is -0.463. The van der Waals surface area contributed by atoms with Crippen molar-refractivity contribution < 1.29 is 14.3 Å². The average molecular weight is 451 g/mol. The number of hydrazone groups is 1. The summed E-state index contributed by atoms with van der Waals surface area (Å²) < 4.78 is 6.31. The molecule has 0 radical (unpaired) electrons. The largest absolute Gasteiger partial charge is 0.422 e. The minimum absolute atomic E-state index is 0.228. The first-order valence-electron chi connectivity index (χ1n) is 8.95. The van der Waals surface area contributed by atoms with Crippen molar-refractivity contribution in [2.75, 3.05) is 0 Å². The van der Waals surface area contributed by atoms with Crippen LogP contribution < -0.4 is 10.2 Å². The van der Waals surface area contributed by atoms with Gasteiger partial charge in [-0.1, -0.05) is 64.0 Å². The Balaban J connectivity index is 1.68. The van der Waals surface area contributed by atoms with Crippen LogP contribution in [0.3, 0.4) is 0 Å². The van der Waals surface area contributed by atoms with E-state index in [1.54, 1.807) is 30.3 Å². The number of nitrogens with one attached hydrogen (secondary N) is 1. The molecule has 0 spiro atoms. The van der Waals surface area contributed by atoms with Gasteiger partial charge in [0.1, 0.15) is 5.75 Å². The van der Waals surface area contributed by atoms with Gasteiger partial charge in [0, 0.05) is 10.0 Å². The maximum absolute atomic E-state index is 12.4. The van der Waals surface area contributed by atoms with Gasteiger partial charge in [-0.25, -0.2) is 10.2 Å². The highest BCUT2D eigenvalue weighted by Gasteiger charge is 2.11. The number of ether oxygens (including phenoxy) is 1. The number of carbonyl (C=O) groups is 2. The Kier molecular flexibility index (Phi) is 6.92. The monoisotopic (exact) mass is 450 g/mol. The van der Waals surface area contributed by atoms with E-state index in [4.69, 9.17) is 4.74 Å². The molecule has 0 heterocycles. The molecule has 0 unspecified atom stereocenters. The van der Waals surface area contributed by atoms with Crippen molar-refractivity contribution in [2.45, 2.75) is 13.3 Å². The third-order valence-electron chi connectivity index (χ3n) is 4.06. The van der Waals surface area contributed by atoms with Gasteiger partial charge in [-0.15, -0.1) is 0 Å². The second-order valence-corrected chi connectivity index (χ2v) is 7.31. The predicted octanol–water partition coefficient (Wildman–Crippen LogP) is 4.67. The van der Waals surface area contributed by atoms with Crippen molar-refractivity contribution in [3.63, 3.8) is 0 Å². The van der Waals surface area contributed by atoms with Crippen LogP contribution in [0.2, 0.25) is 0 Å². The third-order valence-corrected chi connectivity index (χ3v) is 4.56. The zero-order valence-corrected chi connectivity index (χ0v) is 17.3. The second-order valence-electron chi connectivity index (χ2n) is 6.39. The fraction of sp³-hybridized carbons (Fsp3) is 0.0870. The smallest absolute Gasteiger partial charge is 0.343 e. The number of aryl methyl sites for hydroxylation is 1. The van der Waals surface area contributed by atoms with Crippen molar-refractivity contribution >= 4 is 34.0 Å². The molecule has 0 aromatic heterocycles. The molecule has 3 aromatic carbocycles. The van der Waals surface area contributed by atoms with E-state index in [0.717, 1.165) is 15.6 Å². The van der Waals surface area contributed by atoms with E-state index in [-0.39, 0.29) is 12.3 Å². The molecule has 0 saturated carbocycles. The lowest BCUT2D eigenvalue weighted by atomic mass is 10.1. The lowest BCUT2D eigenvalue weighted by Crippen LogP contribution is -2.19. The minimum Gasteiger partial charge on any atom is -0.422 e.